The third kappa shape index (κ3) is 3.69. The monoisotopic (exact) mass is 264 g/mol. The fourth-order valence-corrected chi connectivity index (χ4v) is 2.44. The van der Waals surface area contributed by atoms with Gasteiger partial charge in [0.25, 0.3) is 0 Å². The van der Waals surface area contributed by atoms with Crippen LogP contribution in [-0.2, 0) is 4.79 Å². The summed E-state index contributed by atoms with van der Waals surface area (Å²) in [5.41, 5.74) is 1.61. The Morgan fingerprint density at radius 2 is 2.05 bits per heavy atom. The molecule has 1 unspecified atom stereocenters. The predicted octanol–water partition coefficient (Wildman–Crippen LogP) is 2.99. The molecule has 1 fully saturated rings. The molecule has 0 aromatic heterocycles. The second kappa shape index (κ2) is 6.04. The van der Waals surface area contributed by atoms with Crippen LogP contribution in [0.5, 0.6) is 0 Å². The van der Waals surface area contributed by atoms with Gasteiger partial charge in [-0.25, -0.2) is 4.39 Å². The first kappa shape index (κ1) is 13.8. The summed E-state index contributed by atoms with van der Waals surface area (Å²) in [6.45, 7) is 3.69. The lowest BCUT2D eigenvalue weighted by molar-refractivity contribution is -0.122. The van der Waals surface area contributed by atoms with E-state index in [1.807, 2.05) is 6.92 Å². The summed E-state index contributed by atoms with van der Waals surface area (Å²) in [6, 6.07) is 4.50. The Bertz CT molecular complexity index is 455. The van der Waals surface area contributed by atoms with Gasteiger partial charge in [-0.2, -0.15) is 0 Å². The van der Waals surface area contributed by atoms with Crippen molar-refractivity contribution in [3.8, 4) is 0 Å². The molecule has 0 saturated heterocycles. The van der Waals surface area contributed by atoms with Gasteiger partial charge in [0, 0.05) is 11.7 Å². The molecule has 1 aromatic carbocycles. The maximum atomic E-state index is 13.2. The Labute approximate surface area is 113 Å². The Morgan fingerprint density at radius 1 is 1.37 bits per heavy atom. The zero-order valence-electron chi connectivity index (χ0n) is 11.5. The van der Waals surface area contributed by atoms with Crippen LogP contribution in [-0.4, -0.2) is 18.0 Å². The second-order valence-corrected chi connectivity index (χ2v) is 5.32. The number of carbonyl (C=O) groups is 1. The van der Waals surface area contributed by atoms with Gasteiger partial charge in [0.1, 0.15) is 11.9 Å². The Balaban J connectivity index is 1.93. The number of halogens is 1. The summed E-state index contributed by atoms with van der Waals surface area (Å²) in [6.07, 6.45) is 4.51. The fraction of sp³-hybridized carbons (Fsp3) is 0.533. The summed E-state index contributed by atoms with van der Waals surface area (Å²) in [5, 5.41) is 6.11. The number of nitrogens with one attached hydrogen (secondary N) is 2. The normalized spacial score (nSPS) is 17.2. The van der Waals surface area contributed by atoms with E-state index < -0.39 is 0 Å². The number of aryl methyl sites for hydroxylation is 1. The van der Waals surface area contributed by atoms with Gasteiger partial charge in [-0.05, 0) is 44.4 Å². The number of carbonyl (C=O) groups excluding carboxylic acids is 1. The molecule has 1 saturated carbocycles. The van der Waals surface area contributed by atoms with Crippen molar-refractivity contribution in [3.05, 3.63) is 29.6 Å². The molecular formula is C15H21FN2O. The van der Waals surface area contributed by atoms with E-state index in [1.165, 1.54) is 25.0 Å². The van der Waals surface area contributed by atoms with Crippen molar-refractivity contribution < 1.29 is 9.18 Å². The number of benzene rings is 1. The molecule has 2 N–H and O–H groups in total. The predicted molar refractivity (Wildman–Crippen MR) is 74.6 cm³/mol. The highest BCUT2D eigenvalue weighted by atomic mass is 19.1. The molecule has 0 heterocycles. The topological polar surface area (TPSA) is 41.1 Å². The highest BCUT2D eigenvalue weighted by Crippen LogP contribution is 2.19. The van der Waals surface area contributed by atoms with Crippen molar-refractivity contribution >= 4 is 11.6 Å². The molecule has 1 amide bonds. The minimum absolute atomic E-state index is 0.0180. The molecule has 3 nitrogen and oxygen atoms in total. The molecule has 0 spiro atoms. The van der Waals surface area contributed by atoms with Crippen LogP contribution in [0.15, 0.2) is 18.2 Å². The van der Waals surface area contributed by atoms with E-state index in [0.717, 1.165) is 18.4 Å². The SMILES string of the molecule is Cc1ccc(F)cc1NC(C)C(=O)NC1CCCC1. The summed E-state index contributed by atoms with van der Waals surface area (Å²) in [4.78, 5) is 12.0. The van der Waals surface area contributed by atoms with Crippen LogP contribution in [0.25, 0.3) is 0 Å². The van der Waals surface area contributed by atoms with Gasteiger partial charge >= 0.3 is 0 Å². The largest absolute Gasteiger partial charge is 0.374 e. The smallest absolute Gasteiger partial charge is 0.242 e. The van der Waals surface area contributed by atoms with Crippen molar-refractivity contribution in [3.63, 3.8) is 0 Å². The Morgan fingerprint density at radius 3 is 2.74 bits per heavy atom. The van der Waals surface area contributed by atoms with Crippen LogP contribution >= 0.6 is 0 Å². The average Bonchev–Trinajstić information content (AvgIpc) is 2.86. The van der Waals surface area contributed by atoms with E-state index in [-0.39, 0.29) is 17.8 Å². The van der Waals surface area contributed by atoms with E-state index >= 15 is 0 Å². The Hall–Kier alpha value is -1.58. The standard InChI is InChI=1S/C15H21FN2O/c1-10-7-8-12(16)9-14(10)17-11(2)15(19)18-13-5-3-4-6-13/h7-9,11,13,17H,3-6H2,1-2H3,(H,18,19). The molecule has 2 rings (SSSR count). The molecule has 0 radical (unpaired) electrons. The lowest BCUT2D eigenvalue weighted by atomic mass is 10.1. The van der Waals surface area contributed by atoms with E-state index in [2.05, 4.69) is 10.6 Å². The van der Waals surface area contributed by atoms with Crippen molar-refractivity contribution in [1.82, 2.24) is 5.32 Å². The van der Waals surface area contributed by atoms with E-state index in [9.17, 15) is 9.18 Å². The van der Waals surface area contributed by atoms with Gasteiger partial charge in [0.2, 0.25) is 5.91 Å². The third-order valence-corrected chi connectivity index (χ3v) is 3.67. The van der Waals surface area contributed by atoms with E-state index in [4.69, 9.17) is 0 Å². The third-order valence-electron chi connectivity index (χ3n) is 3.67. The molecule has 19 heavy (non-hydrogen) atoms. The summed E-state index contributed by atoms with van der Waals surface area (Å²) in [5.74, 6) is -0.313. The minimum atomic E-state index is -0.360. The first-order valence-electron chi connectivity index (χ1n) is 6.89. The lowest BCUT2D eigenvalue weighted by Crippen LogP contribution is -2.42. The average molecular weight is 264 g/mol. The molecule has 104 valence electrons. The molecule has 4 heteroatoms. The van der Waals surface area contributed by atoms with Crippen LogP contribution in [0.1, 0.15) is 38.2 Å². The Kier molecular flexibility index (Phi) is 4.40. The fourth-order valence-electron chi connectivity index (χ4n) is 2.44. The minimum Gasteiger partial charge on any atom is -0.374 e. The van der Waals surface area contributed by atoms with Crippen LogP contribution in [0.3, 0.4) is 0 Å². The molecule has 1 aromatic rings. The zero-order valence-corrected chi connectivity index (χ0v) is 11.5. The van der Waals surface area contributed by atoms with Gasteiger partial charge < -0.3 is 10.6 Å². The molecular weight excluding hydrogens is 243 g/mol. The number of anilines is 1. The van der Waals surface area contributed by atoms with Crippen LogP contribution in [0.2, 0.25) is 0 Å². The first-order valence-corrected chi connectivity index (χ1v) is 6.89. The second-order valence-electron chi connectivity index (χ2n) is 5.32. The molecule has 1 atom stereocenters. The molecule has 0 aliphatic heterocycles. The van der Waals surface area contributed by atoms with E-state index in [0.29, 0.717) is 11.7 Å². The maximum Gasteiger partial charge on any atom is 0.242 e. The van der Waals surface area contributed by atoms with Gasteiger partial charge in [-0.3, -0.25) is 4.79 Å². The first-order chi connectivity index (χ1) is 9.06. The number of rotatable bonds is 4. The summed E-state index contributed by atoms with van der Waals surface area (Å²) in [7, 11) is 0. The molecule has 1 aliphatic rings. The van der Waals surface area contributed by atoms with Crippen molar-refractivity contribution in [2.45, 2.75) is 51.6 Å². The van der Waals surface area contributed by atoms with Gasteiger partial charge in [0.05, 0.1) is 0 Å². The number of hydrogen-bond acceptors (Lipinski definition) is 2. The van der Waals surface area contributed by atoms with Crippen LogP contribution in [0, 0.1) is 12.7 Å². The molecule has 1 aliphatic carbocycles. The summed E-state index contributed by atoms with van der Waals surface area (Å²) >= 11 is 0. The van der Waals surface area contributed by atoms with Crippen molar-refractivity contribution in [2.75, 3.05) is 5.32 Å². The van der Waals surface area contributed by atoms with Crippen molar-refractivity contribution in [2.24, 2.45) is 0 Å². The highest BCUT2D eigenvalue weighted by Gasteiger charge is 2.20. The van der Waals surface area contributed by atoms with Gasteiger partial charge in [-0.15, -0.1) is 0 Å². The highest BCUT2D eigenvalue weighted by molar-refractivity contribution is 5.84. The number of hydrogen-bond donors (Lipinski definition) is 2. The van der Waals surface area contributed by atoms with Gasteiger partial charge in [0.15, 0.2) is 0 Å². The quantitative estimate of drug-likeness (QED) is 0.877. The lowest BCUT2D eigenvalue weighted by Gasteiger charge is -2.19. The number of amides is 1. The zero-order chi connectivity index (χ0) is 13.8. The van der Waals surface area contributed by atoms with Crippen molar-refractivity contribution in [1.29, 1.82) is 0 Å². The molecule has 0 bridgehead atoms. The van der Waals surface area contributed by atoms with Crippen LogP contribution in [0.4, 0.5) is 10.1 Å². The van der Waals surface area contributed by atoms with E-state index in [1.54, 1.807) is 13.0 Å². The summed E-state index contributed by atoms with van der Waals surface area (Å²) < 4.78 is 13.2. The van der Waals surface area contributed by atoms with Crippen LogP contribution < -0.4 is 10.6 Å². The maximum absolute atomic E-state index is 13.2. The van der Waals surface area contributed by atoms with Gasteiger partial charge in [-0.1, -0.05) is 18.9 Å².